The first kappa shape index (κ1) is 9.78. The Morgan fingerprint density at radius 2 is 2.25 bits per heavy atom. The molecule has 1 heterocycles. The van der Waals surface area contributed by atoms with Crippen molar-refractivity contribution in [3.05, 3.63) is 28.0 Å². The smallest absolute Gasteiger partial charge is 0.134 e. The molecular formula is C8H9Cl2NO. The second-order valence-corrected chi connectivity index (χ2v) is 3.25. The van der Waals surface area contributed by atoms with Crippen molar-refractivity contribution in [2.24, 2.45) is 0 Å². The number of nitrogens with zero attached hydrogens (tertiary/aromatic N) is 1. The zero-order chi connectivity index (χ0) is 9.14. The zero-order valence-corrected chi connectivity index (χ0v) is 8.10. The van der Waals surface area contributed by atoms with E-state index < -0.39 is 6.10 Å². The SMILES string of the molecule is CCC(O)c1cc(Cl)cnc1Cl. The van der Waals surface area contributed by atoms with E-state index in [0.29, 0.717) is 22.2 Å². The molecule has 0 saturated carbocycles. The average Bonchev–Trinajstić information content (AvgIpc) is 2.08. The lowest BCUT2D eigenvalue weighted by Gasteiger charge is -2.08. The quantitative estimate of drug-likeness (QED) is 0.754. The highest BCUT2D eigenvalue weighted by molar-refractivity contribution is 6.32. The van der Waals surface area contributed by atoms with Gasteiger partial charge in [-0.1, -0.05) is 30.1 Å². The lowest BCUT2D eigenvalue weighted by atomic mass is 10.1. The third-order valence-electron chi connectivity index (χ3n) is 1.58. The van der Waals surface area contributed by atoms with Gasteiger partial charge >= 0.3 is 0 Å². The van der Waals surface area contributed by atoms with E-state index in [0.717, 1.165) is 0 Å². The third kappa shape index (κ3) is 2.09. The molecule has 1 unspecified atom stereocenters. The van der Waals surface area contributed by atoms with Gasteiger partial charge in [0.05, 0.1) is 11.1 Å². The molecule has 1 aromatic heterocycles. The molecule has 1 N–H and O–H groups in total. The first-order valence-electron chi connectivity index (χ1n) is 3.64. The Kier molecular flexibility index (Phi) is 3.32. The zero-order valence-electron chi connectivity index (χ0n) is 6.59. The lowest BCUT2D eigenvalue weighted by Crippen LogP contribution is -1.97. The van der Waals surface area contributed by atoms with Crippen LogP contribution in [0.25, 0.3) is 0 Å². The lowest BCUT2D eigenvalue weighted by molar-refractivity contribution is 0.173. The summed E-state index contributed by atoms with van der Waals surface area (Å²) in [5.41, 5.74) is 0.590. The Bertz CT molecular complexity index is 278. The Labute approximate surface area is 81.1 Å². The summed E-state index contributed by atoms with van der Waals surface area (Å²) in [7, 11) is 0. The normalized spacial score (nSPS) is 13.0. The van der Waals surface area contributed by atoms with Crippen LogP contribution in [0.3, 0.4) is 0 Å². The molecule has 0 amide bonds. The van der Waals surface area contributed by atoms with Gasteiger partial charge in [0.15, 0.2) is 0 Å². The van der Waals surface area contributed by atoms with Gasteiger partial charge in [0.1, 0.15) is 5.15 Å². The highest BCUT2D eigenvalue weighted by Gasteiger charge is 2.10. The maximum absolute atomic E-state index is 9.45. The maximum Gasteiger partial charge on any atom is 0.134 e. The predicted molar refractivity (Wildman–Crippen MR) is 49.5 cm³/mol. The third-order valence-corrected chi connectivity index (χ3v) is 2.10. The molecule has 1 atom stereocenters. The highest BCUT2D eigenvalue weighted by atomic mass is 35.5. The van der Waals surface area contributed by atoms with E-state index in [4.69, 9.17) is 23.2 Å². The summed E-state index contributed by atoms with van der Waals surface area (Å²) in [5.74, 6) is 0. The molecule has 0 aliphatic rings. The second kappa shape index (κ2) is 4.08. The predicted octanol–water partition coefficient (Wildman–Crippen LogP) is 2.83. The van der Waals surface area contributed by atoms with Crippen LogP contribution in [0.4, 0.5) is 0 Å². The van der Waals surface area contributed by atoms with Crippen molar-refractivity contribution in [3.63, 3.8) is 0 Å². The summed E-state index contributed by atoms with van der Waals surface area (Å²) in [6.07, 6.45) is 1.47. The van der Waals surface area contributed by atoms with Crippen LogP contribution < -0.4 is 0 Å². The largest absolute Gasteiger partial charge is 0.388 e. The van der Waals surface area contributed by atoms with Crippen LogP contribution in [-0.2, 0) is 0 Å². The Morgan fingerprint density at radius 1 is 1.58 bits per heavy atom. The van der Waals surface area contributed by atoms with Crippen molar-refractivity contribution < 1.29 is 5.11 Å². The van der Waals surface area contributed by atoms with Crippen molar-refractivity contribution in [1.29, 1.82) is 0 Å². The van der Waals surface area contributed by atoms with Crippen molar-refractivity contribution in [2.75, 3.05) is 0 Å². The van der Waals surface area contributed by atoms with E-state index in [-0.39, 0.29) is 0 Å². The molecule has 0 saturated heterocycles. The van der Waals surface area contributed by atoms with Crippen molar-refractivity contribution in [2.45, 2.75) is 19.4 Å². The van der Waals surface area contributed by atoms with Crippen LogP contribution in [-0.4, -0.2) is 10.1 Å². The Balaban J connectivity index is 3.04. The summed E-state index contributed by atoms with van der Waals surface area (Å²) in [5, 5.41) is 10.3. The average molecular weight is 206 g/mol. The standard InChI is InChI=1S/C8H9Cl2NO/c1-2-7(12)6-3-5(9)4-11-8(6)10/h3-4,7,12H,2H2,1H3. The van der Waals surface area contributed by atoms with Crippen LogP contribution in [0, 0.1) is 0 Å². The number of hydrogen-bond donors (Lipinski definition) is 1. The molecule has 12 heavy (non-hydrogen) atoms. The number of rotatable bonds is 2. The molecule has 1 rings (SSSR count). The molecule has 2 nitrogen and oxygen atoms in total. The molecule has 66 valence electrons. The summed E-state index contributed by atoms with van der Waals surface area (Å²) >= 11 is 11.4. The van der Waals surface area contributed by atoms with Gasteiger partial charge in [0.25, 0.3) is 0 Å². The molecule has 0 bridgehead atoms. The molecular weight excluding hydrogens is 197 g/mol. The Morgan fingerprint density at radius 3 is 2.83 bits per heavy atom. The van der Waals surface area contributed by atoms with Crippen LogP contribution in [0.1, 0.15) is 25.0 Å². The first-order chi connectivity index (χ1) is 5.65. The summed E-state index contributed by atoms with van der Waals surface area (Å²) in [6.45, 7) is 1.86. The van der Waals surface area contributed by atoms with E-state index in [9.17, 15) is 5.11 Å². The molecule has 1 aromatic rings. The Hall–Kier alpha value is -0.310. The fourth-order valence-electron chi connectivity index (χ4n) is 0.892. The number of halogens is 2. The monoisotopic (exact) mass is 205 g/mol. The van der Waals surface area contributed by atoms with E-state index in [1.54, 1.807) is 6.07 Å². The molecule has 0 radical (unpaired) electrons. The van der Waals surface area contributed by atoms with E-state index >= 15 is 0 Å². The van der Waals surface area contributed by atoms with Crippen LogP contribution in [0.5, 0.6) is 0 Å². The van der Waals surface area contributed by atoms with Crippen molar-refractivity contribution in [1.82, 2.24) is 4.98 Å². The van der Waals surface area contributed by atoms with Gasteiger partial charge in [-0.2, -0.15) is 0 Å². The van der Waals surface area contributed by atoms with Gasteiger partial charge in [0.2, 0.25) is 0 Å². The van der Waals surface area contributed by atoms with Crippen molar-refractivity contribution in [3.8, 4) is 0 Å². The number of aromatic nitrogens is 1. The minimum atomic E-state index is -0.580. The summed E-state index contributed by atoms with van der Waals surface area (Å²) < 4.78 is 0. The van der Waals surface area contributed by atoms with E-state index in [2.05, 4.69) is 4.98 Å². The first-order valence-corrected chi connectivity index (χ1v) is 4.39. The fraction of sp³-hybridized carbons (Fsp3) is 0.375. The highest BCUT2D eigenvalue weighted by Crippen LogP contribution is 2.25. The van der Waals surface area contributed by atoms with E-state index in [1.165, 1.54) is 6.20 Å². The maximum atomic E-state index is 9.45. The van der Waals surface area contributed by atoms with Gasteiger partial charge in [-0.25, -0.2) is 4.98 Å². The number of pyridine rings is 1. The van der Waals surface area contributed by atoms with Gasteiger partial charge in [-0.05, 0) is 12.5 Å². The number of hydrogen-bond acceptors (Lipinski definition) is 2. The van der Waals surface area contributed by atoms with Gasteiger partial charge < -0.3 is 5.11 Å². The van der Waals surface area contributed by atoms with Crippen LogP contribution in [0.15, 0.2) is 12.3 Å². The molecule has 0 aliphatic carbocycles. The topological polar surface area (TPSA) is 33.1 Å². The van der Waals surface area contributed by atoms with Crippen molar-refractivity contribution >= 4 is 23.2 Å². The number of aliphatic hydroxyl groups excluding tert-OH is 1. The van der Waals surface area contributed by atoms with Gasteiger partial charge in [0, 0.05) is 11.8 Å². The van der Waals surface area contributed by atoms with Crippen LogP contribution >= 0.6 is 23.2 Å². The van der Waals surface area contributed by atoms with Gasteiger partial charge in [-0.3, -0.25) is 0 Å². The molecule has 0 spiro atoms. The molecule has 0 fully saturated rings. The number of aliphatic hydroxyl groups is 1. The molecule has 0 aliphatic heterocycles. The van der Waals surface area contributed by atoms with Crippen LogP contribution in [0.2, 0.25) is 10.2 Å². The minimum Gasteiger partial charge on any atom is -0.388 e. The fourth-order valence-corrected chi connectivity index (χ4v) is 1.29. The second-order valence-electron chi connectivity index (χ2n) is 2.46. The molecule has 0 aromatic carbocycles. The van der Waals surface area contributed by atoms with E-state index in [1.807, 2.05) is 6.92 Å². The molecule has 4 heteroatoms. The summed E-state index contributed by atoms with van der Waals surface area (Å²) in [4.78, 5) is 3.82. The minimum absolute atomic E-state index is 0.314. The van der Waals surface area contributed by atoms with Gasteiger partial charge in [-0.15, -0.1) is 0 Å². The summed E-state index contributed by atoms with van der Waals surface area (Å²) in [6, 6.07) is 1.63.